The molecule has 0 aromatic heterocycles. The summed E-state index contributed by atoms with van der Waals surface area (Å²) in [7, 11) is 1.66. The van der Waals surface area contributed by atoms with Crippen molar-refractivity contribution in [3.05, 3.63) is 23.8 Å². The number of morpholine rings is 2. The zero-order valence-electron chi connectivity index (χ0n) is 14.5. The molecular formula is C18H26N2O4. The maximum Gasteiger partial charge on any atom is 0.254 e. The fourth-order valence-corrected chi connectivity index (χ4v) is 3.30. The largest absolute Gasteiger partial charge is 0.495 e. The first-order chi connectivity index (χ1) is 11.7. The van der Waals surface area contributed by atoms with E-state index < -0.39 is 0 Å². The van der Waals surface area contributed by atoms with E-state index >= 15 is 0 Å². The van der Waals surface area contributed by atoms with Crippen LogP contribution in [0.25, 0.3) is 0 Å². The molecule has 132 valence electrons. The van der Waals surface area contributed by atoms with Crippen LogP contribution in [0.3, 0.4) is 0 Å². The van der Waals surface area contributed by atoms with Crippen LogP contribution in [0.2, 0.25) is 0 Å². The number of ether oxygens (including phenoxy) is 3. The third-order valence-corrected chi connectivity index (χ3v) is 4.74. The Hall–Kier alpha value is -1.79. The Morgan fingerprint density at radius 3 is 2.67 bits per heavy atom. The first-order valence-electron chi connectivity index (χ1n) is 8.64. The van der Waals surface area contributed by atoms with Gasteiger partial charge in [0, 0.05) is 25.2 Å². The standard InChI is InChI=1S/C18H26N2O4/c1-3-15-13-24-11-8-20(15)18(21)14-4-5-17(22-2)16(12-14)19-6-9-23-10-7-19/h4-5,12,15H,3,6-11,13H2,1-2H3/t15-/m0/s1. The van der Waals surface area contributed by atoms with Crippen molar-refractivity contribution in [3.63, 3.8) is 0 Å². The average Bonchev–Trinajstić information content (AvgIpc) is 2.67. The molecule has 0 unspecified atom stereocenters. The highest BCUT2D eigenvalue weighted by Gasteiger charge is 2.27. The van der Waals surface area contributed by atoms with Crippen molar-refractivity contribution in [1.29, 1.82) is 0 Å². The van der Waals surface area contributed by atoms with Gasteiger partial charge in [-0.3, -0.25) is 4.79 Å². The van der Waals surface area contributed by atoms with Crippen LogP contribution < -0.4 is 9.64 Å². The number of carbonyl (C=O) groups excluding carboxylic acids is 1. The quantitative estimate of drug-likeness (QED) is 0.840. The van der Waals surface area contributed by atoms with Gasteiger partial charge < -0.3 is 24.0 Å². The fraction of sp³-hybridized carbons (Fsp3) is 0.611. The van der Waals surface area contributed by atoms with E-state index in [2.05, 4.69) is 11.8 Å². The lowest BCUT2D eigenvalue weighted by Gasteiger charge is -2.35. The van der Waals surface area contributed by atoms with Crippen molar-refractivity contribution in [2.45, 2.75) is 19.4 Å². The van der Waals surface area contributed by atoms with Crippen molar-refractivity contribution in [1.82, 2.24) is 4.90 Å². The minimum absolute atomic E-state index is 0.0716. The molecule has 2 fully saturated rings. The molecule has 24 heavy (non-hydrogen) atoms. The maximum atomic E-state index is 13.0. The number of hydrogen-bond donors (Lipinski definition) is 0. The third kappa shape index (κ3) is 3.49. The molecule has 6 heteroatoms. The van der Waals surface area contributed by atoms with Gasteiger partial charge in [0.15, 0.2) is 0 Å². The maximum absolute atomic E-state index is 13.0. The highest BCUT2D eigenvalue weighted by atomic mass is 16.5. The molecule has 1 aromatic carbocycles. The van der Waals surface area contributed by atoms with Gasteiger partial charge in [-0.15, -0.1) is 0 Å². The molecule has 1 amide bonds. The number of methoxy groups -OCH3 is 1. The van der Waals surface area contributed by atoms with E-state index in [4.69, 9.17) is 14.2 Å². The Balaban J connectivity index is 1.86. The smallest absolute Gasteiger partial charge is 0.254 e. The van der Waals surface area contributed by atoms with Crippen LogP contribution in [0.4, 0.5) is 5.69 Å². The fourth-order valence-electron chi connectivity index (χ4n) is 3.30. The zero-order valence-corrected chi connectivity index (χ0v) is 14.5. The Bertz CT molecular complexity index is 572. The summed E-state index contributed by atoms with van der Waals surface area (Å²) in [6.45, 7) is 6.98. The van der Waals surface area contributed by atoms with E-state index in [1.807, 2.05) is 23.1 Å². The summed E-state index contributed by atoms with van der Waals surface area (Å²) in [6.07, 6.45) is 0.901. The number of benzene rings is 1. The van der Waals surface area contributed by atoms with Crippen LogP contribution in [-0.4, -0.2) is 70.0 Å². The summed E-state index contributed by atoms with van der Waals surface area (Å²) >= 11 is 0. The topological polar surface area (TPSA) is 51.2 Å². The van der Waals surface area contributed by atoms with Crippen molar-refractivity contribution >= 4 is 11.6 Å². The van der Waals surface area contributed by atoms with E-state index in [1.54, 1.807) is 7.11 Å². The average molecular weight is 334 g/mol. The molecule has 6 nitrogen and oxygen atoms in total. The van der Waals surface area contributed by atoms with Crippen LogP contribution in [0.5, 0.6) is 5.75 Å². The second kappa shape index (κ2) is 7.85. The number of amides is 1. The predicted molar refractivity (Wildman–Crippen MR) is 92.0 cm³/mol. The van der Waals surface area contributed by atoms with Crippen LogP contribution in [0.1, 0.15) is 23.7 Å². The summed E-state index contributed by atoms with van der Waals surface area (Å²) in [4.78, 5) is 17.1. The van der Waals surface area contributed by atoms with Gasteiger partial charge in [-0.2, -0.15) is 0 Å². The summed E-state index contributed by atoms with van der Waals surface area (Å²) in [5.74, 6) is 0.866. The van der Waals surface area contributed by atoms with Crippen molar-refractivity contribution < 1.29 is 19.0 Å². The lowest BCUT2D eigenvalue weighted by molar-refractivity contribution is -0.00279. The molecule has 0 aliphatic carbocycles. The lowest BCUT2D eigenvalue weighted by Crippen LogP contribution is -2.48. The van der Waals surface area contributed by atoms with Crippen LogP contribution in [0.15, 0.2) is 18.2 Å². The molecule has 2 heterocycles. The van der Waals surface area contributed by atoms with Crippen molar-refractivity contribution in [3.8, 4) is 5.75 Å². The highest BCUT2D eigenvalue weighted by Crippen LogP contribution is 2.31. The van der Waals surface area contributed by atoms with Crippen LogP contribution in [-0.2, 0) is 9.47 Å². The molecule has 0 N–H and O–H groups in total. The van der Waals surface area contributed by atoms with E-state index in [1.165, 1.54) is 0 Å². The normalized spacial score (nSPS) is 21.7. The molecule has 2 aliphatic heterocycles. The molecular weight excluding hydrogens is 308 g/mol. The Kier molecular flexibility index (Phi) is 5.58. The minimum atomic E-state index is 0.0716. The van der Waals surface area contributed by atoms with E-state index in [9.17, 15) is 4.79 Å². The molecule has 1 atom stereocenters. The molecule has 0 saturated carbocycles. The minimum Gasteiger partial charge on any atom is -0.495 e. The Morgan fingerprint density at radius 2 is 1.96 bits per heavy atom. The molecule has 0 spiro atoms. The highest BCUT2D eigenvalue weighted by molar-refractivity contribution is 5.96. The second-order valence-corrected chi connectivity index (χ2v) is 6.12. The molecule has 1 aromatic rings. The monoisotopic (exact) mass is 334 g/mol. The molecule has 2 saturated heterocycles. The summed E-state index contributed by atoms with van der Waals surface area (Å²) in [5.41, 5.74) is 1.67. The SMILES string of the molecule is CC[C@H]1COCCN1C(=O)c1ccc(OC)c(N2CCOCC2)c1. The summed E-state index contributed by atoms with van der Waals surface area (Å²) in [6, 6.07) is 5.85. The summed E-state index contributed by atoms with van der Waals surface area (Å²) in [5, 5.41) is 0. The van der Waals surface area contributed by atoms with Gasteiger partial charge in [0.2, 0.25) is 0 Å². The number of hydrogen-bond acceptors (Lipinski definition) is 5. The van der Waals surface area contributed by atoms with Crippen molar-refractivity contribution in [2.24, 2.45) is 0 Å². The number of nitrogens with zero attached hydrogens (tertiary/aromatic N) is 2. The zero-order chi connectivity index (χ0) is 16.9. The molecule has 0 radical (unpaired) electrons. The Morgan fingerprint density at radius 1 is 1.21 bits per heavy atom. The van der Waals surface area contributed by atoms with Crippen LogP contribution in [0, 0.1) is 0 Å². The second-order valence-electron chi connectivity index (χ2n) is 6.12. The number of rotatable bonds is 4. The van der Waals surface area contributed by atoms with Crippen molar-refractivity contribution in [2.75, 3.05) is 58.1 Å². The van der Waals surface area contributed by atoms with Gasteiger partial charge in [0.25, 0.3) is 5.91 Å². The lowest BCUT2D eigenvalue weighted by atomic mass is 10.1. The first kappa shape index (κ1) is 17.0. The van der Waals surface area contributed by atoms with E-state index in [-0.39, 0.29) is 11.9 Å². The summed E-state index contributed by atoms with van der Waals surface area (Å²) < 4.78 is 16.4. The van der Waals surface area contributed by atoms with Gasteiger partial charge in [-0.25, -0.2) is 0 Å². The number of carbonyl (C=O) groups is 1. The number of anilines is 1. The van der Waals surface area contributed by atoms with Gasteiger partial charge in [-0.1, -0.05) is 6.92 Å². The van der Waals surface area contributed by atoms with Crippen LogP contribution >= 0.6 is 0 Å². The van der Waals surface area contributed by atoms with E-state index in [0.717, 1.165) is 30.9 Å². The third-order valence-electron chi connectivity index (χ3n) is 4.74. The molecule has 0 bridgehead atoms. The molecule has 2 aliphatic rings. The molecule has 3 rings (SSSR count). The van der Waals surface area contributed by atoms with Gasteiger partial charge in [0.05, 0.1) is 45.3 Å². The predicted octanol–water partition coefficient (Wildman–Crippen LogP) is 1.78. The van der Waals surface area contributed by atoms with Gasteiger partial charge >= 0.3 is 0 Å². The van der Waals surface area contributed by atoms with Gasteiger partial charge in [0.1, 0.15) is 5.75 Å². The first-order valence-corrected chi connectivity index (χ1v) is 8.64. The van der Waals surface area contributed by atoms with E-state index in [0.29, 0.717) is 38.5 Å². The Labute approximate surface area is 143 Å². The van der Waals surface area contributed by atoms with Gasteiger partial charge in [-0.05, 0) is 24.6 Å².